The fourth-order valence-electron chi connectivity index (χ4n) is 3.36. The Morgan fingerprint density at radius 1 is 1.28 bits per heavy atom. The highest BCUT2D eigenvalue weighted by Gasteiger charge is 2.44. The van der Waals surface area contributed by atoms with Crippen molar-refractivity contribution in [2.24, 2.45) is 0 Å². The molecular formula is C18H23N7O4. The second-order valence-corrected chi connectivity index (χ2v) is 6.91. The van der Waals surface area contributed by atoms with E-state index in [1.807, 2.05) is 12.3 Å². The number of aliphatic hydroxyl groups excluding tert-OH is 3. The molecule has 1 unspecified atom stereocenters. The number of fused-ring (bicyclic) bond motifs is 1. The highest BCUT2D eigenvalue weighted by molar-refractivity contribution is 5.83. The molecule has 1 aliphatic heterocycles. The van der Waals surface area contributed by atoms with Crippen LogP contribution in [0.4, 0.5) is 5.82 Å². The van der Waals surface area contributed by atoms with Gasteiger partial charge in [0.25, 0.3) is 0 Å². The van der Waals surface area contributed by atoms with Gasteiger partial charge in [0, 0.05) is 12.7 Å². The lowest BCUT2D eigenvalue weighted by Gasteiger charge is -2.16. The molecule has 0 amide bonds. The highest BCUT2D eigenvalue weighted by atomic mass is 16.6. The van der Waals surface area contributed by atoms with E-state index in [4.69, 9.17) is 10.5 Å². The Kier molecular flexibility index (Phi) is 5.28. The van der Waals surface area contributed by atoms with Crippen LogP contribution in [-0.4, -0.2) is 69.5 Å². The molecular weight excluding hydrogens is 378 g/mol. The average molecular weight is 401 g/mol. The van der Waals surface area contributed by atoms with Gasteiger partial charge in [-0.25, -0.2) is 15.0 Å². The minimum Gasteiger partial charge on any atom is -0.394 e. The molecule has 4 heterocycles. The van der Waals surface area contributed by atoms with Gasteiger partial charge in [0.1, 0.15) is 23.8 Å². The molecule has 1 fully saturated rings. The summed E-state index contributed by atoms with van der Waals surface area (Å²) in [6.07, 6.45) is 4.24. The summed E-state index contributed by atoms with van der Waals surface area (Å²) in [6, 6.07) is 0. The van der Waals surface area contributed by atoms with E-state index in [9.17, 15) is 15.3 Å². The molecule has 0 saturated carbocycles. The number of ether oxygens (including phenoxy) is 1. The number of nitrogen functional groups attached to an aromatic ring is 1. The number of hydrogen-bond donors (Lipinski definition) is 4. The Labute approximate surface area is 166 Å². The number of nitrogens with zero attached hydrogens (tertiary/aromatic N) is 6. The summed E-state index contributed by atoms with van der Waals surface area (Å²) in [5.41, 5.74) is 7.46. The van der Waals surface area contributed by atoms with E-state index in [0.717, 1.165) is 19.4 Å². The molecule has 154 valence electrons. The lowest BCUT2D eigenvalue weighted by atomic mass is 10.1. The van der Waals surface area contributed by atoms with E-state index in [-0.39, 0.29) is 5.82 Å². The minimum absolute atomic E-state index is 0.176. The normalized spacial score (nSPS) is 24.4. The first-order valence-corrected chi connectivity index (χ1v) is 9.29. The molecule has 29 heavy (non-hydrogen) atoms. The van der Waals surface area contributed by atoms with Crippen molar-refractivity contribution in [1.82, 2.24) is 29.3 Å². The number of anilines is 1. The Morgan fingerprint density at radius 2 is 2.10 bits per heavy atom. The molecule has 11 heteroatoms. The number of aliphatic hydroxyl groups is 3. The maximum absolute atomic E-state index is 10.3. The van der Waals surface area contributed by atoms with Crippen LogP contribution in [0.15, 0.2) is 31.4 Å². The van der Waals surface area contributed by atoms with Crippen LogP contribution in [0.1, 0.15) is 19.1 Å². The van der Waals surface area contributed by atoms with Gasteiger partial charge in [0.05, 0.1) is 24.7 Å². The number of aryl methyl sites for hydroxylation is 1. The van der Waals surface area contributed by atoms with Crippen molar-refractivity contribution in [2.45, 2.75) is 43.9 Å². The largest absolute Gasteiger partial charge is 0.394 e. The van der Waals surface area contributed by atoms with Crippen molar-refractivity contribution in [3.05, 3.63) is 31.4 Å². The second kappa shape index (κ2) is 7.87. The third-order valence-corrected chi connectivity index (χ3v) is 4.93. The minimum atomic E-state index is -1.25. The third-order valence-electron chi connectivity index (χ3n) is 4.93. The van der Waals surface area contributed by atoms with Gasteiger partial charge in [0.15, 0.2) is 23.5 Å². The van der Waals surface area contributed by atoms with Crippen molar-refractivity contribution in [3.63, 3.8) is 0 Å². The molecule has 4 rings (SSSR count). The number of aromatic nitrogens is 6. The summed E-state index contributed by atoms with van der Waals surface area (Å²) < 4.78 is 8.86. The maximum Gasteiger partial charge on any atom is 0.168 e. The number of hydrogen-bond acceptors (Lipinski definition) is 9. The van der Waals surface area contributed by atoms with Gasteiger partial charge in [0.2, 0.25) is 0 Å². The van der Waals surface area contributed by atoms with E-state index in [2.05, 4.69) is 26.6 Å². The summed E-state index contributed by atoms with van der Waals surface area (Å²) in [5, 5.41) is 34.0. The average Bonchev–Trinajstić information content (AvgIpc) is 3.41. The highest BCUT2D eigenvalue weighted by Crippen LogP contribution is 2.32. The molecule has 4 atom stereocenters. The van der Waals surface area contributed by atoms with Gasteiger partial charge in [-0.3, -0.25) is 9.25 Å². The zero-order valence-electron chi connectivity index (χ0n) is 15.7. The standard InChI is InChI=1S/C18H23N7O4/c1-2-3-4-5-24-7-10(6-21-24)16-22-15(19)12-17(23-16)25(9-20-12)18-14(28)13(27)11(8-26)29-18/h2,6-7,9,11,13-14,18,26-28H,1,3-5,8H2,(H2,19,22,23)/t11-,13-,14-,18?/m1/s1. The van der Waals surface area contributed by atoms with Gasteiger partial charge in [-0.1, -0.05) is 6.08 Å². The Balaban J connectivity index is 1.68. The van der Waals surface area contributed by atoms with E-state index in [1.165, 1.54) is 10.9 Å². The van der Waals surface area contributed by atoms with Crippen LogP contribution in [0, 0.1) is 0 Å². The van der Waals surface area contributed by atoms with Gasteiger partial charge >= 0.3 is 0 Å². The van der Waals surface area contributed by atoms with Crippen LogP contribution < -0.4 is 5.73 Å². The zero-order valence-corrected chi connectivity index (χ0v) is 15.7. The Hall–Kier alpha value is -2.86. The number of unbranched alkanes of at least 4 members (excludes halogenated alkanes) is 1. The Morgan fingerprint density at radius 3 is 2.83 bits per heavy atom. The van der Waals surface area contributed by atoms with Crippen molar-refractivity contribution in [1.29, 1.82) is 0 Å². The maximum atomic E-state index is 10.3. The molecule has 0 aliphatic carbocycles. The first-order chi connectivity index (χ1) is 14.0. The number of imidazole rings is 1. The molecule has 5 N–H and O–H groups in total. The molecule has 3 aromatic heterocycles. The van der Waals surface area contributed by atoms with Crippen molar-refractivity contribution in [2.75, 3.05) is 12.3 Å². The molecule has 0 spiro atoms. The SMILES string of the molecule is C=CCCCn1cc(-c2nc(N)c3ncn(C4O[C@H](CO)[C@@H](O)[C@H]4O)c3n2)cn1. The van der Waals surface area contributed by atoms with Crippen LogP contribution >= 0.6 is 0 Å². The third kappa shape index (κ3) is 3.49. The van der Waals surface area contributed by atoms with Crippen molar-refractivity contribution in [3.8, 4) is 11.4 Å². The van der Waals surface area contributed by atoms with Crippen LogP contribution in [0.3, 0.4) is 0 Å². The number of nitrogens with two attached hydrogens (primary N) is 1. The summed E-state index contributed by atoms with van der Waals surface area (Å²) in [5.74, 6) is 0.536. The quantitative estimate of drug-likeness (QED) is 0.312. The Bertz CT molecular complexity index is 1020. The predicted molar refractivity (Wildman–Crippen MR) is 103 cm³/mol. The van der Waals surface area contributed by atoms with Gasteiger partial charge in [-0.15, -0.1) is 6.58 Å². The first kappa shape index (κ1) is 19.5. The van der Waals surface area contributed by atoms with Crippen molar-refractivity contribution < 1.29 is 20.1 Å². The number of allylic oxidation sites excluding steroid dienone is 1. The van der Waals surface area contributed by atoms with E-state index in [1.54, 1.807) is 10.9 Å². The molecule has 3 aromatic rings. The summed E-state index contributed by atoms with van der Waals surface area (Å²) in [4.78, 5) is 13.1. The van der Waals surface area contributed by atoms with Gasteiger partial charge < -0.3 is 25.8 Å². The van der Waals surface area contributed by atoms with E-state index < -0.39 is 31.1 Å². The topological polar surface area (TPSA) is 157 Å². The van der Waals surface area contributed by atoms with Crippen LogP contribution in [0.2, 0.25) is 0 Å². The van der Waals surface area contributed by atoms with Crippen LogP contribution in [0.5, 0.6) is 0 Å². The van der Waals surface area contributed by atoms with Gasteiger partial charge in [-0.2, -0.15) is 5.10 Å². The smallest absolute Gasteiger partial charge is 0.168 e. The molecule has 11 nitrogen and oxygen atoms in total. The van der Waals surface area contributed by atoms with E-state index in [0.29, 0.717) is 22.6 Å². The lowest BCUT2D eigenvalue weighted by molar-refractivity contribution is -0.0511. The lowest BCUT2D eigenvalue weighted by Crippen LogP contribution is -2.33. The van der Waals surface area contributed by atoms with Gasteiger partial charge in [-0.05, 0) is 12.8 Å². The fraction of sp³-hybridized carbons (Fsp3) is 0.444. The van der Waals surface area contributed by atoms with Crippen LogP contribution in [-0.2, 0) is 11.3 Å². The first-order valence-electron chi connectivity index (χ1n) is 9.29. The monoisotopic (exact) mass is 401 g/mol. The molecule has 0 radical (unpaired) electrons. The summed E-state index contributed by atoms with van der Waals surface area (Å²) >= 11 is 0. The predicted octanol–water partition coefficient (Wildman–Crippen LogP) is -0.150. The fourth-order valence-corrected chi connectivity index (χ4v) is 3.36. The molecule has 1 aliphatic rings. The molecule has 0 aromatic carbocycles. The molecule has 1 saturated heterocycles. The molecule has 0 bridgehead atoms. The second-order valence-electron chi connectivity index (χ2n) is 6.91. The zero-order chi connectivity index (χ0) is 20.5. The van der Waals surface area contributed by atoms with E-state index >= 15 is 0 Å². The van der Waals surface area contributed by atoms with Crippen molar-refractivity contribution >= 4 is 17.0 Å². The summed E-state index contributed by atoms with van der Waals surface area (Å²) in [6.45, 7) is 4.03. The van der Waals surface area contributed by atoms with Crippen LogP contribution in [0.25, 0.3) is 22.6 Å². The summed E-state index contributed by atoms with van der Waals surface area (Å²) in [7, 11) is 0. The number of rotatable bonds is 7.